The van der Waals surface area contributed by atoms with E-state index in [9.17, 15) is 5.26 Å². The van der Waals surface area contributed by atoms with Gasteiger partial charge in [-0.1, -0.05) is 0 Å². The molecule has 86 valence electrons. The molecule has 2 N–H and O–H groups in total. The number of hydrogen-bond acceptors (Lipinski definition) is 6. The van der Waals surface area contributed by atoms with Crippen LogP contribution in [0.3, 0.4) is 0 Å². The third-order valence-corrected chi connectivity index (χ3v) is 3.31. The first-order valence-electron chi connectivity index (χ1n) is 5.14. The van der Waals surface area contributed by atoms with Gasteiger partial charge in [0.05, 0.1) is 16.9 Å². The molecule has 3 heterocycles. The van der Waals surface area contributed by atoms with Crippen molar-refractivity contribution in [2.45, 2.75) is 0 Å². The fraction of sp³-hybridized carbons (Fsp3) is 0. The van der Waals surface area contributed by atoms with Crippen LogP contribution in [0.1, 0.15) is 5.56 Å². The van der Waals surface area contributed by atoms with Crippen LogP contribution in [0, 0.1) is 11.3 Å². The number of fused-ring (bicyclic) bond motifs is 1. The van der Waals surface area contributed by atoms with E-state index in [4.69, 9.17) is 5.73 Å². The highest BCUT2D eigenvalue weighted by Gasteiger charge is 2.15. The summed E-state index contributed by atoms with van der Waals surface area (Å²) in [6, 6.07) is 5.70. The molecular weight excluding hydrogens is 246 g/mol. The van der Waals surface area contributed by atoms with Crippen LogP contribution in [0.25, 0.3) is 21.6 Å². The first-order valence-corrected chi connectivity index (χ1v) is 6.02. The number of nitrogens with two attached hydrogens (primary N) is 1. The van der Waals surface area contributed by atoms with E-state index in [0.29, 0.717) is 22.5 Å². The molecule has 0 unspecified atom stereocenters. The lowest BCUT2D eigenvalue weighted by Crippen LogP contribution is -1.98. The molecule has 5 nitrogen and oxygen atoms in total. The Bertz CT molecular complexity index is 757. The Hall–Kier alpha value is -2.52. The Morgan fingerprint density at radius 3 is 2.78 bits per heavy atom. The molecule has 3 rings (SSSR count). The third-order valence-electron chi connectivity index (χ3n) is 2.59. The van der Waals surface area contributed by atoms with E-state index >= 15 is 0 Å². The smallest absolute Gasteiger partial charge is 0.146 e. The fourth-order valence-electron chi connectivity index (χ4n) is 1.74. The quantitative estimate of drug-likeness (QED) is 0.718. The first kappa shape index (κ1) is 10.6. The van der Waals surface area contributed by atoms with Crippen molar-refractivity contribution >= 4 is 27.4 Å². The van der Waals surface area contributed by atoms with Gasteiger partial charge in [0.25, 0.3) is 0 Å². The van der Waals surface area contributed by atoms with Gasteiger partial charge in [-0.15, -0.1) is 11.3 Å². The molecule has 0 aromatic carbocycles. The zero-order chi connectivity index (χ0) is 12.5. The third kappa shape index (κ3) is 1.49. The van der Waals surface area contributed by atoms with Gasteiger partial charge in [0, 0.05) is 18.0 Å². The van der Waals surface area contributed by atoms with E-state index in [0.717, 1.165) is 10.4 Å². The molecule has 0 atom stereocenters. The molecular formula is C12H7N5S. The van der Waals surface area contributed by atoms with Gasteiger partial charge in [-0.2, -0.15) is 5.26 Å². The molecule has 0 spiro atoms. The van der Waals surface area contributed by atoms with Crippen molar-refractivity contribution in [2.75, 3.05) is 5.73 Å². The Morgan fingerprint density at radius 2 is 2.06 bits per heavy atom. The standard InChI is InChI=1S/C12H7N5S/c13-5-8-9(14)11-12(18-6-16-11)17-10(8)7-1-3-15-4-2-7/h1-4,6H,(H2,14,17). The average Bonchev–Trinajstić information content (AvgIpc) is 2.88. The normalized spacial score (nSPS) is 10.4. The lowest BCUT2D eigenvalue weighted by molar-refractivity contribution is 1.30. The minimum Gasteiger partial charge on any atom is -0.396 e. The number of anilines is 1. The molecule has 3 aromatic rings. The summed E-state index contributed by atoms with van der Waals surface area (Å²) in [4.78, 5) is 13.3. The number of nitrogen functional groups attached to an aromatic ring is 1. The maximum atomic E-state index is 9.25. The molecule has 0 bridgehead atoms. The minimum atomic E-state index is 0.361. The van der Waals surface area contributed by atoms with Gasteiger partial charge in [-0.25, -0.2) is 9.97 Å². The summed E-state index contributed by atoms with van der Waals surface area (Å²) in [7, 11) is 0. The molecule has 0 aliphatic heterocycles. The summed E-state index contributed by atoms with van der Waals surface area (Å²) in [5.74, 6) is 0. The number of nitrogens with zero attached hydrogens (tertiary/aromatic N) is 4. The average molecular weight is 253 g/mol. The van der Waals surface area contributed by atoms with Crippen LogP contribution in [0.15, 0.2) is 30.0 Å². The van der Waals surface area contributed by atoms with Crippen molar-refractivity contribution in [1.82, 2.24) is 15.0 Å². The van der Waals surface area contributed by atoms with Crippen LogP contribution < -0.4 is 5.73 Å². The zero-order valence-corrected chi connectivity index (χ0v) is 9.98. The van der Waals surface area contributed by atoms with E-state index in [2.05, 4.69) is 21.0 Å². The monoisotopic (exact) mass is 253 g/mol. The van der Waals surface area contributed by atoms with Crippen molar-refractivity contribution in [3.05, 3.63) is 35.6 Å². The topological polar surface area (TPSA) is 88.5 Å². The van der Waals surface area contributed by atoms with E-state index in [1.165, 1.54) is 11.3 Å². The molecule has 0 amide bonds. The van der Waals surface area contributed by atoms with Crippen LogP contribution in [0.5, 0.6) is 0 Å². The Kier molecular flexibility index (Phi) is 2.39. The van der Waals surface area contributed by atoms with Crippen molar-refractivity contribution in [2.24, 2.45) is 0 Å². The second-order valence-electron chi connectivity index (χ2n) is 3.60. The summed E-state index contributed by atoms with van der Waals surface area (Å²) in [6.45, 7) is 0. The minimum absolute atomic E-state index is 0.361. The van der Waals surface area contributed by atoms with E-state index < -0.39 is 0 Å². The molecule has 0 aliphatic carbocycles. The van der Waals surface area contributed by atoms with Crippen LogP contribution in [-0.2, 0) is 0 Å². The predicted octanol–water partition coefficient (Wildman–Crippen LogP) is 2.21. The van der Waals surface area contributed by atoms with Gasteiger partial charge in [-0.3, -0.25) is 4.98 Å². The number of hydrogen-bond donors (Lipinski definition) is 1. The highest BCUT2D eigenvalue weighted by Crippen LogP contribution is 2.31. The Labute approximate surface area is 107 Å². The second-order valence-corrected chi connectivity index (χ2v) is 4.44. The fourth-order valence-corrected chi connectivity index (χ4v) is 2.42. The number of nitriles is 1. The Morgan fingerprint density at radius 1 is 1.28 bits per heavy atom. The Balaban J connectivity index is 2.39. The van der Waals surface area contributed by atoms with Gasteiger partial charge in [0.2, 0.25) is 0 Å². The molecule has 0 fully saturated rings. The maximum absolute atomic E-state index is 9.25. The molecule has 0 saturated carbocycles. The van der Waals surface area contributed by atoms with Crippen molar-refractivity contribution in [1.29, 1.82) is 5.26 Å². The molecule has 0 radical (unpaired) electrons. The summed E-state index contributed by atoms with van der Waals surface area (Å²) in [5.41, 5.74) is 10.4. The second kappa shape index (κ2) is 4.05. The molecule has 6 heteroatoms. The first-order chi connectivity index (χ1) is 8.81. The number of thiazole rings is 1. The summed E-state index contributed by atoms with van der Waals surface area (Å²) >= 11 is 1.40. The SMILES string of the molecule is N#Cc1c(-c2ccncc2)nc2scnc2c1N. The van der Waals surface area contributed by atoms with Gasteiger partial charge in [-0.05, 0) is 12.1 Å². The lowest BCUT2D eigenvalue weighted by Gasteiger charge is -2.06. The van der Waals surface area contributed by atoms with Gasteiger partial charge >= 0.3 is 0 Å². The van der Waals surface area contributed by atoms with Gasteiger partial charge in [0.15, 0.2) is 0 Å². The van der Waals surface area contributed by atoms with Crippen molar-refractivity contribution < 1.29 is 0 Å². The maximum Gasteiger partial charge on any atom is 0.146 e. The van der Waals surface area contributed by atoms with E-state index in [-0.39, 0.29) is 0 Å². The van der Waals surface area contributed by atoms with Crippen molar-refractivity contribution in [3.63, 3.8) is 0 Å². The molecule has 0 saturated heterocycles. The van der Waals surface area contributed by atoms with E-state index in [1.807, 2.05) is 0 Å². The molecule has 0 aliphatic rings. The summed E-state index contributed by atoms with van der Waals surface area (Å²) in [5, 5.41) is 9.25. The lowest BCUT2D eigenvalue weighted by atomic mass is 10.1. The van der Waals surface area contributed by atoms with Crippen LogP contribution in [0.2, 0.25) is 0 Å². The van der Waals surface area contributed by atoms with Crippen LogP contribution in [0.4, 0.5) is 5.69 Å². The summed E-state index contributed by atoms with van der Waals surface area (Å²) in [6.07, 6.45) is 3.32. The number of rotatable bonds is 1. The van der Waals surface area contributed by atoms with E-state index in [1.54, 1.807) is 30.0 Å². The number of aromatic nitrogens is 3. The van der Waals surface area contributed by atoms with Gasteiger partial charge in [0.1, 0.15) is 22.0 Å². The predicted molar refractivity (Wildman–Crippen MR) is 69.8 cm³/mol. The zero-order valence-electron chi connectivity index (χ0n) is 9.16. The van der Waals surface area contributed by atoms with Crippen LogP contribution in [-0.4, -0.2) is 15.0 Å². The molecule has 18 heavy (non-hydrogen) atoms. The summed E-state index contributed by atoms with van der Waals surface area (Å²) < 4.78 is 0. The van der Waals surface area contributed by atoms with Crippen molar-refractivity contribution in [3.8, 4) is 17.3 Å². The largest absolute Gasteiger partial charge is 0.396 e. The highest BCUT2D eigenvalue weighted by atomic mass is 32.1. The number of pyridine rings is 2. The molecule has 3 aromatic heterocycles. The highest BCUT2D eigenvalue weighted by molar-refractivity contribution is 7.16. The van der Waals surface area contributed by atoms with Crippen LogP contribution >= 0.6 is 11.3 Å². The van der Waals surface area contributed by atoms with Gasteiger partial charge < -0.3 is 5.73 Å².